The summed E-state index contributed by atoms with van der Waals surface area (Å²) in [7, 11) is -3.16. The van der Waals surface area contributed by atoms with E-state index in [0.717, 1.165) is 16.3 Å². The Morgan fingerprint density at radius 2 is 2.26 bits per heavy atom. The lowest BCUT2D eigenvalue weighted by Gasteiger charge is -2.09. The topological polar surface area (TPSA) is 91.9 Å². The highest BCUT2D eigenvalue weighted by Gasteiger charge is 2.23. The monoisotopic (exact) mass is 277 g/mol. The Morgan fingerprint density at radius 1 is 1.42 bits per heavy atom. The zero-order chi connectivity index (χ0) is 13.5. The Kier molecular flexibility index (Phi) is 2.63. The van der Waals surface area contributed by atoms with Gasteiger partial charge in [-0.3, -0.25) is 9.89 Å². The molecular formula is C12H11N3O3S. The summed E-state index contributed by atoms with van der Waals surface area (Å²) >= 11 is 0. The molecule has 0 saturated carbocycles. The largest absolute Gasteiger partial charge is 0.345 e. The lowest BCUT2D eigenvalue weighted by Crippen LogP contribution is -2.35. The van der Waals surface area contributed by atoms with Crippen LogP contribution in [0.2, 0.25) is 0 Å². The molecule has 1 aliphatic rings. The molecule has 0 spiro atoms. The molecular weight excluding hydrogens is 266 g/mol. The van der Waals surface area contributed by atoms with Crippen LogP contribution in [0.15, 0.2) is 35.9 Å². The molecule has 1 aromatic carbocycles. The number of aromatic nitrogens is 2. The van der Waals surface area contributed by atoms with Crippen LogP contribution in [0.1, 0.15) is 10.4 Å². The van der Waals surface area contributed by atoms with E-state index in [1.165, 1.54) is 6.08 Å². The Bertz CT molecular complexity index is 776. The van der Waals surface area contributed by atoms with Crippen molar-refractivity contribution in [2.24, 2.45) is 0 Å². The van der Waals surface area contributed by atoms with E-state index >= 15 is 0 Å². The van der Waals surface area contributed by atoms with Crippen molar-refractivity contribution in [3.63, 3.8) is 0 Å². The molecule has 0 fully saturated rings. The third-order valence-corrected chi connectivity index (χ3v) is 4.35. The van der Waals surface area contributed by atoms with Gasteiger partial charge in [-0.25, -0.2) is 8.42 Å². The minimum absolute atomic E-state index is 0.0783. The fourth-order valence-electron chi connectivity index (χ4n) is 2.00. The Labute approximate surface area is 109 Å². The molecule has 7 heteroatoms. The summed E-state index contributed by atoms with van der Waals surface area (Å²) < 4.78 is 22.5. The van der Waals surface area contributed by atoms with Crippen LogP contribution in [0, 0.1) is 0 Å². The average molecular weight is 277 g/mol. The average Bonchev–Trinajstić information content (AvgIpc) is 2.94. The Balaban J connectivity index is 1.79. The van der Waals surface area contributed by atoms with Crippen molar-refractivity contribution in [3.8, 4) is 0 Å². The van der Waals surface area contributed by atoms with E-state index in [1.54, 1.807) is 24.4 Å². The molecule has 1 aliphatic heterocycles. The SMILES string of the molecule is O=C(NC1C=CS(=O)(=O)C1)c1ccc2cn[nH]c2c1. The first-order valence-corrected chi connectivity index (χ1v) is 7.40. The minimum Gasteiger partial charge on any atom is -0.345 e. The first kappa shape index (κ1) is 11.9. The van der Waals surface area contributed by atoms with Crippen molar-refractivity contribution in [3.05, 3.63) is 41.4 Å². The summed E-state index contributed by atoms with van der Waals surface area (Å²) in [6.07, 6.45) is 3.16. The maximum Gasteiger partial charge on any atom is 0.251 e. The molecule has 2 aromatic rings. The molecule has 0 bridgehead atoms. The van der Waals surface area contributed by atoms with Crippen LogP contribution in [0.3, 0.4) is 0 Å². The normalized spacial score (nSPS) is 20.7. The van der Waals surface area contributed by atoms with E-state index in [2.05, 4.69) is 15.5 Å². The van der Waals surface area contributed by atoms with E-state index < -0.39 is 15.9 Å². The van der Waals surface area contributed by atoms with Gasteiger partial charge in [0, 0.05) is 16.4 Å². The van der Waals surface area contributed by atoms with Gasteiger partial charge in [-0.2, -0.15) is 5.10 Å². The van der Waals surface area contributed by atoms with Crippen LogP contribution < -0.4 is 5.32 Å². The van der Waals surface area contributed by atoms with Crippen LogP contribution in [0.4, 0.5) is 0 Å². The zero-order valence-electron chi connectivity index (χ0n) is 9.83. The van der Waals surface area contributed by atoms with Crippen molar-refractivity contribution in [2.75, 3.05) is 5.75 Å². The number of benzene rings is 1. The summed E-state index contributed by atoms with van der Waals surface area (Å²) in [6.45, 7) is 0. The number of fused-ring (bicyclic) bond motifs is 1. The minimum atomic E-state index is -3.16. The van der Waals surface area contributed by atoms with Gasteiger partial charge in [-0.15, -0.1) is 0 Å². The van der Waals surface area contributed by atoms with Gasteiger partial charge in [0.2, 0.25) is 0 Å². The van der Waals surface area contributed by atoms with Gasteiger partial charge in [-0.1, -0.05) is 6.07 Å². The summed E-state index contributed by atoms with van der Waals surface area (Å²) in [5.74, 6) is -0.381. The number of hydrogen-bond donors (Lipinski definition) is 2. The van der Waals surface area contributed by atoms with Crippen molar-refractivity contribution in [1.82, 2.24) is 15.5 Å². The van der Waals surface area contributed by atoms with Crippen LogP contribution >= 0.6 is 0 Å². The second-order valence-electron chi connectivity index (χ2n) is 4.41. The number of H-pyrrole nitrogens is 1. The Morgan fingerprint density at radius 3 is 3.00 bits per heavy atom. The lowest BCUT2D eigenvalue weighted by atomic mass is 10.1. The van der Waals surface area contributed by atoms with Gasteiger partial charge in [0.15, 0.2) is 9.84 Å². The molecule has 0 aliphatic carbocycles. The van der Waals surface area contributed by atoms with E-state index in [9.17, 15) is 13.2 Å². The van der Waals surface area contributed by atoms with Gasteiger partial charge in [-0.05, 0) is 18.2 Å². The zero-order valence-corrected chi connectivity index (χ0v) is 10.6. The maximum atomic E-state index is 12.0. The first-order valence-electron chi connectivity index (χ1n) is 5.68. The van der Waals surface area contributed by atoms with Gasteiger partial charge in [0.25, 0.3) is 5.91 Å². The molecule has 0 saturated heterocycles. The fourth-order valence-corrected chi connectivity index (χ4v) is 3.23. The molecule has 3 rings (SSSR count). The molecule has 6 nitrogen and oxygen atoms in total. The molecule has 0 radical (unpaired) electrons. The second kappa shape index (κ2) is 4.20. The van der Waals surface area contributed by atoms with Crippen molar-refractivity contribution >= 4 is 26.6 Å². The maximum absolute atomic E-state index is 12.0. The summed E-state index contributed by atoms with van der Waals surface area (Å²) in [5, 5.41) is 11.4. The number of sulfone groups is 1. The molecule has 1 unspecified atom stereocenters. The van der Waals surface area contributed by atoms with Crippen LogP contribution in [-0.4, -0.2) is 36.3 Å². The highest BCUT2D eigenvalue weighted by molar-refractivity contribution is 7.94. The van der Waals surface area contributed by atoms with Crippen molar-refractivity contribution in [2.45, 2.75) is 6.04 Å². The molecule has 1 aromatic heterocycles. The number of amides is 1. The number of hydrogen-bond acceptors (Lipinski definition) is 4. The van der Waals surface area contributed by atoms with Crippen LogP contribution in [0.5, 0.6) is 0 Å². The standard InChI is InChI=1S/C12H11N3O3S/c16-12(14-10-3-4-19(17,18)7-10)8-1-2-9-6-13-15-11(9)5-8/h1-6,10H,7H2,(H,13,15)(H,14,16). The number of rotatable bonds is 2. The molecule has 1 amide bonds. The van der Waals surface area contributed by atoms with Gasteiger partial charge < -0.3 is 5.32 Å². The van der Waals surface area contributed by atoms with Crippen LogP contribution in [-0.2, 0) is 9.84 Å². The molecule has 2 N–H and O–H groups in total. The van der Waals surface area contributed by atoms with Crippen LogP contribution in [0.25, 0.3) is 10.9 Å². The van der Waals surface area contributed by atoms with E-state index in [4.69, 9.17) is 0 Å². The number of aromatic amines is 1. The molecule has 1 atom stereocenters. The summed E-state index contributed by atoms with van der Waals surface area (Å²) in [6, 6.07) is 4.69. The summed E-state index contributed by atoms with van der Waals surface area (Å²) in [4.78, 5) is 12.0. The number of nitrogens with zero attached hydrogens (tertiary/aromatic N) is 1. The predicted molar refractivity (Wildman–Crippen MR) is 70.3 cm³/mol. The smallest absolute Gasteiger partial charge is 0.251 e. The van der Waals surface area contributed by atoms with Crippen molar-refractivity contribution < 1.29 is 13.2 Å². The molecule has 19 heavy (non-hydrogen) atoms. The first-order chi connectivity index (χ1) is 9.03. The molecule has 98 valence electrons. The number of carbonyl (C=O) groups excluding carboxylic acids is 1. The highest BCUT2D eigenvalue weighted by atomic mass is 32.2. The third-order valence-electron chi connectivity index (χ3n) is 2.95. The second-order valence-corrected chi connectivity index (χ2v) is 6.34. The number of carbonyl (C=O) groups is 1. The predicted octanol–water partition coefficient (Wildman–Crippen LogP) is 0.603. The van der Waals surface area contributed by atoms with E-state index in [1.807, 2.05) is 0 Å². The van der Waals surface area contributed by atoms with E-state index in [0.29, 0.717) is 5.56 Å². The number of nitrogens with one attached hydrogen (secondary N) is 2. The molecule has 2 heterocycles. The highest BCUT2D eigenvalue weighted by Crippen LogP contribution is 2.14. The van der Waals surface area contributed by atoms with Gasteiger partial charge in [0.1, 0.15) is 0 Å². The summed E-state index contributed by atoms with van der Waals surface area (Å²) in [5.41, 5.74) is 1.23. The lowest BCUT2D eigenvalue weighted by molar-refractivity contribution is 0.0948. The van der Waals surface area contributed by atoms with Gasteiger partial charge in [0.05, 0.1) is 23.5 Å². The third kappa shape index (κ3) is 2.37. The van der Waals surface area contributed by atoms with Gasteiger partial charge >= 0.3 is 0 Å². The quantitative estimate of drug-likeness (QED) is 0.841. The van der Waals surface area contributed by atoms with Crippen molar-refractivity contribution in [1.29, 1.82) is 0 Å². The van der Waals surface area contributed by atoms with E-state index in [-0.39, 0.29) is 11.7 Å². The Hall–Kier alpha value is -2.15. The fraction of sp³-hybridized carbons (Fsp3) is 0.167.